The fraction of sp³-hybridized carbons (Fsp3) is 0.429. The minimum atomic E-state index is -0.715. The summed E-state index contributed by atoms with van der Waals surface area (Å²) >= 11 is 5.97. The molecule has 5 heteroatoms. The summed E-state index contributed by atoms with van der Waals surface area (Å²) in [4.78, 5) is 22.8. The molecule has 0 saturated carbocycles. The van der Waals surface area contributed by atoms with Crippen molar-refractivity contribution in [3.8, 4) is 5.75 Å². The Morgan fingerprint density at radius 1 is 1.47 bits per heavy atom. The number of hydrogen-bond acceptors (Lipinski definition) is 3. The minimum Gasteiger partial charge on any atom is -0.479 e. The Balaban J connectivity index is 2.79. The van der Waals surface area contributed by atoms with Crippen molar-refractivity contribution in [2.24, 2.45) is 0 Å². The predicted octanol–water partition coefficient (Wildman–Crippen LogP) is 2.83. The first kappa shape index (κ1) is 15.5. The van der Waals surface area contributed by atoms with E-state index in [1.54, 1.807) is 25.1 Å². The van der Waals surface area contributed by atoms with Crippen LogP contribution < -0.4 is 10.1 Å². The third kappa shape index (κ3) is 4.24. The summed E-state index contributed by atoms with van der Waals surface area (Å²) in [5.41, 5.74) is 0.329. The van der Waals surface area contributed by atoms with Crippen LogP contribution >= 0.6 is 11.6 Å². The van der Waals surface area contributed by atoms with Crippen molar-refractivity contribution in [3.63, 3.8) is 0 Å². The van der Waals surface area contributed by atoms with Crippen LogP contribution in [0.1, 0.15) is 37.6 Å². The van der Waals surface area contributed by atoms with E-state index in [1.165, 1.54) is 0 Å². The average molecular weight is 284 g/mol. The van der Waals surface area contributed by atoms with E-state index in [0.717, 1.165) is 6.42 Å². The second-order valence-electron chi connectivity index (χ2n) is 4.35. The SMILES string of the molecule is CCC(C)NC(=O)C(C)Oc1c(Cl)cccc1C=O. The highest BCUT2D eigenvalue weighted by atomic mass is 35.5. The number of halogens is 1. The Hall–Kier alpha value is -1.55. The molecule has 0 fully saturated rings. The standard InChI is InChI=1S/C14H18ClNO3/c1-4-9(2)16-14(18)10(3)19-13-11(8-17)6-5-7-12(13)15/h5-10H,4H2,1-3H3,(H,16,18). The summed E-state index contributed by atoms with van der Waals surface area (Å²) in [6.45, 7) is 5.52. The van der Waals surface area contributed by atoms with Crippen LogP contribution in [0.2, 0.25) is 5.02 Å². The number of nitrogens with one attached hydrogen (secondary N) is 1. The number of aldehydes is 1. The van der Waals surface area contributed by atoms with Crippen LogP contribution in [0.3, 0.4) is 0 Å². The number of carbonyl (C=O) groups is 2. The topological polar surface area (TPSA) is 55.4 Å². The maximum absolute atomic E-state index is 11.9. The molecule has 1 aromatic carbocycles. The van der Waals surface area contributed by atoms with E-state index in [1.807, 2.05) is 13.8 Å². The summed E-state index contributed by atoms with van der Waals surface area (Å²) in [5.74, 6) is 0.0112. The van der Waals surface area contributed by atoms with Gasteiger partial charge >= 0.3 is 0 Å². The van der Waals surface area contributed by atoms with Gasteiger partial charge in [-0.2, -0.15) is 0 Å². The molecule has 0 saturated heterocycles. The molecule has 4 nitrogen and oxygen atoms in total. The van der Waals surface area contributed by atoms with E-state index in [4.69, 9.17) is 16.3 Å². The summed E-state index contributed by atoms with van der Waals surface area (Å²) < 4.78 is 5.50. The quantitative estimate of drug-likeness (QED) is 0.817. The Morgan fingerprint density at radius 2 is 2.16 bits per heavy atom. The molecule has 0 heterocycles. The molecule has 1 rings (SSSR count). The van der Waals surface area contributed by atoms with E-state index >= 15 is 0 Å². The zero-order valence-corrected chi connectivity index (χ0v) is 12.0. The van der Waals surface area contributed by atoms with E-state index in [2.05, 4.69) is 5.32 Å². The number of hydrogen-bond donors (Lipinski definition) is 1. The van der Waals surface area contributed by atoms with E-state index in [9.17, 15) is 9.59 Å². The van der Waals surface area contributed by atoms with Crippen LogP contribution in [0.25, 0.3) is 0 Å². The second kappa shape index (κ2) is 7.14. The van der Waals surface area contributed by atoms with Crippen molar-refractivity contribution >= 4 is 23.8 Å². The van der Waals surface area contributed by atoms with Crippen molar-refractivity contribution in [2.45, 2.75) is 39.3 Å². The minimum absolute atomic E-state index is 0.0790. The first-order chi connectivity index (χ1) is 8.99. The summed E-state index contributed by atoms with van der Waals surface area (Å²) in [7, 11) is 0. The lowest BCUT2D eigenvalue weighted by atomic mass is 10.2. The Bertz CT molecular complexity index is 462. The fourth-order valence-corrected chi connectivity index (χ4v) is 1.66. The Morgan fingerprint density at radius 3 is 2.74 bits per heavy atom. The van der Waals surface area contributed by atoms with Crippen LogP contribution in [0.15, 0.2) is 18.2 Å². The van der Waals surface area contributed by atoms with Gasteiger partial charge in [-0.15, -0.1) is 0 Å². The lowest BCUT2D eigenvalue weighted by molar-refractivity contribution is -0.127. The Kier molecular flexibility index (Phi) is 5.83. The van der Waals surface area contributed by atoms with Crippen LogP contribution in [0.4, 0.5) is 0 Å². The van der Waals surface area contributed by atoms with Crippen molar-refractivity contribution in [3.05, 3.63) is 28.8 Å². The number of rotatable bonds is 6. The van der Waals surface area contributed by atoms with Crippen molar-refractivity contribution < 1.29 is 14.3 Å². The molecular formula is C14H18ClNO3. The smallest absolute Gasteiger partial charge is 0.260 e. The second-order valence-corrected chi connectivity index (χ2v) is 4.76. The van der Waals surface area contributed by atoms with Crippen molar-refractivity contribution in [1.82, 2.24) is 5.32 Å². The molecule has 2 unspecified atom stereocenters. The van der Waals surface area contributed by atoms with Gasteiger partial charge in [0.2, 0.25) is 0 Å². The van der Waals surface area contributed by atoms with E-state index in [0.29, 0.717) is 16.9 Å². The molecule has 2 atom stereocenters. The maximum atomic E-state index is 11.9. The first-order valence-corrected chi connectivity index (χ1v) is 6.58. The summed E-state index contributed by atoms with van der Waals surface area (Å²) in [6.07, 6.45) is 0.776. The summed E-state index contributed by atoms with van der Waals surface area (Å²) in [5, 5.41) is 3.12. The zero-order valence-electron chi connectivity index (χ0n) is 11.3. The first-order valence-electron chi connectivity index (χ1n) is 6.20. The Labute approximate surface area is 118 Å². The highest BCUT2D eigenvalue weighted by molar-refractivity contribution is 6.32. The van der Waals surface area contributed by atoms with Gasteiger partial charge in [-0.25, -0.2) is 0 Å². The molecule has 1 aromatic rings. The van der Waals surface area contributed by atoms with E-state index < -0.39 is 6.10 Å². The normalized spacial score (nSPS) is 13.5. The van der Waals surface area contributed by atoms with E-state index in [-0.39, 0.29) is 17.7 Å². The van der Waals surface area contributed by atoms with Gasteiger partial charge in [0, 0.05) is 6.04 Å². The van der Waals surface area contributed by atoms with Gasteiger partial charge in [-0.05, 0) is 32.4 Å². The van der Waals surface area contributed by atoms with Crippen LogP contribution in [0, 0.1) is 0 Å². The van der Waals surface area contributed by atoms with Crippen LogP contribution in [-0.2, 0) is 4.79 Å². The molecule has 0 aromatic heterocycles. The van der Waals surface area contributed by atoms with Gasteiger partial charge in [0.1, 0.15) is 5.75 Å². The molecule has 0 bridgehead atoms. The van der Waals surface area contributed by atoms with Gasteiger partial charge in [0.05, 0.1) is 10.6 Å². The van der Waals surface area contributed by atoms with Gasteiger partial charge in [-0.1, -0.05) is 24.6 Å². The molecule has 19 heavy (non-hydrogen) atoms. The highest BCUT2D eigenvalue weighted by Crippen LogP contribution is 2.28. The lowest BCUT2D eigenvalue weighted by Gasteiger charge is -2.19. The number of carbonyl (C=O) groups excluding carboxylic acids is 2. The number of amides is 1. The molecule has 0 spiro atoms. The zero-order chi connectivity index (χ0) is 14.4. The van der Waals surface area contributed by atoms with Crippen LogP contribution in [-0.4, -0.2) is 24.3 Å². The molecule has 104 valence electrons. The average Bonchev–Trinajstić information content (AvgIpc) is 2.40. The van der Waals surface area contributed by atoms with Gasteiger partial charge in [-0.3, -0.25) is 9.59 Å². The maximum Gasteiger partial charge on any atom is 0.260 e. The number of benzene rings is 1. The molecule has 1 N–H and O–H groups in total. The molecule has 0 aliphatic carbocycles. The molecular weight excluding hydrogens is 266 g/mol. The lowest BCUT2D eigenvalue weighted by Crippen LogP contribution is -2.41. The molecule has 0 aliphatic heterocycles. The molecule has 1 amide bonds. The third-order valence-electron chi connectivity index (χ3n) is 2.79. The monoisotopic (exact) mass is 283 g/mol. The van der Waals surface area contributed by atoms with Crippen molar-refractivity contribution in [1.29, 1.82) is 0 Å². The molecule has 0 aliphatic rings. The number of para-hydroxylation sites is 1. The van der Waals surface area contributed by atoms with Crippen LogP contribution in [0.5, 0.6) is 5.75 Å². The summed E-state index contributed by atoms with van der Waals surface area (Å²) in [6, 6.07) is 4.94. The fourth-order valence-electron chi connectivity index (χ4n) is 1.44. The number of ether oxygens (including phenoxy) is 1. The van der Waals surface area contributed by atoms with Gasteiger partial charge < -0.3 is 10.1 Å². The predicted molar refractivity (Wildman–Crippen MR) is 74.8 cm³/mol. The van der Waals surface area contributed by atoms with Gasteiger partial charge in [0.15, 0.2) is 12.4 Å². The molecule has 0 radical (unpaired) electrons. The highest BCUT2D eigenvalue weighted by Gasteiger charge is 2.19. The third-order valence-corrected chi connectivity index (χ3v) is 3.09. The van der Waals surface area contributed by atoms with Gasteiger partial charge in [0.25, 0.3) is 5.91 Å². The van der Waals surface area contributed by atoms with Crippen molar-refractivity contribution in [2.75, 3.05) is 0 Å². The largest absolute Gasteiger partial charge is 0.479 e.